The summed E-state index contributed by atoms with van der Waals surface area (Å²) in [5.74, 6) is 0. The van der Waals surface area contributed by atoms with E-state index in [2.05, 4.69) is 4.90 Å². The van der Waals surface area contributed by atoms with E-state index in [4.69, 9.17) is 28.4 Å². The van der Waals surface area contributed by atoms with Crippen LogP contribution in [0.4, 0.5) is 0 Å². The summed E-state index contributed by atoms with van der Waals surface area (Å²) >= 11 is 0. The van der Waals surface area contributed by atoms with Crippen LogP contribution in [-0.2, 0) is 28.4 Å². The monoisotopic (exact) mass is 563 g/mol. The van der Waals surface area contributed by atoms with Gasteiger partial charge in [-0.15, -0.1) is 50.9 Å². The Hall–Kier alpha value is 1.16. The van der Waals surface area contributed by atoms with Gasteiger partial charge in [-0.05, 0) is 0 Å². The number of rotatable bonds is 18. The van der Waals surface area contributed by atoms with E-state index in [1.54, 1.807) is 21.3 Å². The maximum Gasteiger partial charge on any atom is 0.0700 e. The molecule has 0 amide bonds. The first-order valence-corrected chi connectivity index (χ1v) is 7.77. The fourth-order valence-electron chi connectivity index (χ4n) is 1.65. The summed E-state index contributed by atoms with van der Waals surface area (Å²) in [6.45, 7) is 8.34. The van der Waals surface area contributed by atoms with E-state index in [-0.39, 0.29) is 50.9 Å². The number of hydrogen-bond donors (Lipinski definition) is 0. The standard InChI is InChI=1S/C15H33NO6.3BrH/c1-17-10-13-20-7-4-16(5-8-21-14-11-18-2)6-9-22-15-12-19-3;;;/h4-15H2,1-3H3;3*1H. The van der Waals surface area contributed by atoms with Crippen molar-refractivity contribution in [3.8, 4) is 0 Å². The third-order valence-electron chi connectivity index (χ3n) is 2.95. The molecule has 0 saturated heterocycles. The van der Waals surface area contributed by atoms with Crippen LogP contribution in [0.3, 0.4) is 0 Å². The van der Waals surface area contributed by atoms with E-state index in [0.717, 1.165) is 19.6 Å². The van der Waals surface area contributed by atoms with Crippen LogP contribution >= 0.6 is 50.9 Å². The Balaban J connectivity index is -0.000000735. The van der Waals surface area contributed by atoms with Gasteiger partial charge in [0.1, 0.15) is 0 Å². The quantitative estimate of drug-likeness (QED) is 0.236. The smallest absolute Gasteiger partial charge is 0.0700 e. The number of ether oxygens (including phenoxy) is 6. The average Bonchev–Trinajstić information content (AvgIpc) is 2.53. The lowest BCUT2D eigenvalue weighted by atomic mass is 10.4. The molecule has 0 heterocycles. The van der Waals surface area contributed by atoms with E-state index >= 15 is 0 Å². The molecule has 0 N–H and O–H groups in total. The van der Waals surface area contributed by atoms with Gasteiger partial charge in [0.25, 0.3) is 0 Å². The van der Waals surface area contributed by atoms with Crippen molar-refractivity contribution in [1.29, 1.82) is 0 Å². The summed E-state index contributed by atoms with van der Waals surface area (Å²) in [6, 6.07) is 0. The Kier molecular flexibility index (Phi) is 40.3. The molecule has 0 atom stereocenters. The minimum atomic E-state index is 0. The lowest BCUT2D eigenvalue weighted by Crippen LogP contribution is -2.34. The third kappa shape index (κ3) is 27.5. The molecule has 0 aliphatic carbocycles. The minimum Gasteiger partial charge on any atom is -0.382 e. The first-order chi connectivity index (χ1) is 10.8. The zero-order valence-corrected chi connectivity index (χ0v) is 20.7. The molecule has 0 aliphatic heterocycles. The van der Waals surface area contributed by atoms with Crippen LogP contribution in [0, 0.1) is 0 Å². The average molecular weight is 566 g/mol. The van der Waals surface area contributed by atoms with Crippen LogP contribution in [0.25, 0.3) is 0 Å². The molecule has 0 aliphatic rings. The summed E-state index contributed by atoms with van der Waals surface area (Å²) in [6.07, 6.45) is 0. The van der Waals surface area contributed by atoms with Crippen LogP contribution in [0.5, 0.6) is 0 Å². The lowest BCUT2D eigenvalue weighted by Gasteiger charge is -2.22. The fraction of sp³-hybridized carbons (Fsp3) is 1.00. The molecule has 10 heteroatoms. The van der Waals surface area contributed by atoms with E-state index in [0.29, 0.717) is 59.5 Å². The summed E-state index contributed by atoms with van der Waals surface area (Å²) in [7, 11) is 5.01. The highest BCUT2D eigenvalue weighted by molar-refractivity contribution is 8.93. The second-order valence-corrected chi connectivity index (χ2v) is 4.66. The number of methoxy groups -OCH3 is 3. The van der Waals surface area contributed by atoms with Gasteiger partial charge in [-0.3, -0.25) is 4.90 Å². The first kappa shape index (κ1) is 33.7. The Morgan fingerprint density at radius 1 is 0.440 bits per heavy atom. The van der Waals surface area contributed by atoms with Crippen molar-refractivity contribution in [2.45, 2.75) is 0 Å². The van der Waals surface area contributed by atoms with Gasteiger partial charge in [-0.25, -0.2) is 0 Å². The molecule has 25 heavy (non-hydrogen) atoms. The van der Waals surface area contributed by atoms with E-state index in [1.165, 1.54) is 0 Å². The second kappa shape index (κ2) is 29.9. The zero-order chi connectivity index (χ0) is 16.3. The van der Waals surface area contributed by atoms with Crippen molar-refractivity contribution in [2.75, 3.05) is 100 Å². The molecule has 0 aromatic rings. The molecular weight excluding hydrogens is 530 g/mol. The zero-order valence-electron chi connectivity index (χ0n) is 15.6. The number of halogens is 3. The maximum atomic E-state index is 5.51. The second-order valence-electron chi connectivity index (χ2n) is 4.66. The molecule has 0 bridgehead atoms. The van der Waals surface area contributed by atoms with Gasteiger partial charge in [0.15, 0.2) is 0 Å². The fourth-order valence-corrected chi connectivity index (χ4v) is 1.65. The minimum absolute atomic E-state index is 0. The molecule has 7 nitrogen and oxygen atoms in total. The van der Waals surface area contributed by atoms with Crippen molar-refractivity contribution in [3.05, 3.63) is 0 Å². The predicted octanol–water partition coefficient (Wildman–Crippen LogP) is 2.01. The van der Waals surface area contributed by atoms with Gasteiger partial charge < -0.3 is 28.4 Å². The summed E-state index contributed by atoms with van der Waals surface area (Å²) in [5.41, 5.74) is 0. The van der Waals surface area contributed by atoms with Crippen LogP contribution in [-0.4, -0.2) is 105 Å². The van der Waals surface area contributed by atoms with Crippen LogP contribution in [0.2, 0.25) is 0 Å². The van der Waals surface area contributed by atoms with Crippen LogP contribution < -0.4 is 0 Å². The normalized spacial score (nSPS) is 10.1. The number of nitrogens with zero attached hydrogens (tertiary/aromatic N) is 1. The molecule has 0 aromatic heterocycles. The van der Waals surface area contributed by atoms with E-state index in [1.807, 2.05) is 0 Å². The van der Waals surface area contributed by atoms with E-state index < -0.39 is 0 Å². The van der Waals surface area contributed by atoms with Crippen molar-refractivity contribution in [2.24, 2.45) is 0 Å². The highest BCUT2D eigenvalue weighted by atomic mass is 79.9. The molecule has 0 radical (unpaired) electrons. The Morgan fingerprint density at radius 2 is 0.720 bits per heavy atom. The Labute approximate surface area is 184 Å². The third-order valence-corrected chi connectivity index (χ3v) is 2.95. The highest BCUT2D eigenvalue weighted by Gasteiger charge is 2.05. The van der Waals surface area contributed by atoms with Gasteiger partial charge in [0.2, 0.25) is 0 Å². The summed E-state index contributed by atoms with van der Waals surface area (Å²) in [5, 5.41) is 0. The molecule has 0 unspecified atom stereocenters. The summed E-state index contributed by atoms with van der Waals surface area (Å²) in [4.78, 5) is 2.27. The van der Waals surface area contributed by atoms with Gasteiger partial charge >= 0.3 is 0 Å². The largest absolute Gasteiger partial charge is 0.382 e. The van der Waals surface area contributed by atoms with Gasteiger partial charge in [0.05, 0.1) is 59.5 Å². The molecule has 0 saturated carbocycles. The topological polar surface area (TPSA) is 58.6 Å². The molecule has 158 valence electrons. The van der Waals surface area contributed by atoms with Gasteiger partial charge in [-0.2, -0.15) is 0 Å². The molecular formula is C15H36Br3NO6. The maximum absolute atomic E-state index is 5.51. The van der Waals surface area contributed by atoms with Gasteiger partial charge in [0, 0.05) is 41.0 Å². The summed E-state index contributed by atoms with van der Waals surface area (Å²) < 4.78 is 31.4. The molecule has 0 spiro atoms. The first-order valence-electron chi connectivity index (χ1n) is 7.77. The molecule has 0 rings (SSSR count). The van der Waals surface area contributed by atoms with Crippen molar-refractivity contribution in [3.63, 3.8) is 0 Å². The molecule has 0 aromatic carbocycles. The van der Waals surface area contributed by atoms with Crippen molar-refractivity contribution < 1.29 is 28.4 Å². The predicted molar refractivity (Wildman–Crippen MR) is 115 cm³/mol. The Bertz CT molecular complexity index is 188. The van der Waals surface area contributed by atoms with Crippen LogP contribution in [0.1, 0.15) is 0 Å². The Morgan fingerprint density at radius 3 is 0.960 bits per heavy atom. The van der Waals surface area contributed by atoms with Crippen molar-refractivity contribution in [1.82, 2.24) is 4.90 Å². The SMILES string of the molecule is Br.Br.Br.COCCOCCN(CCOCCOC)CCOCCOC. The highest BCUT2D eigenvalue weighted by Crippen LogP contribution is 1.92. The molecule has 0 fully saturated rings. The van der Waals surface area contributed by atoms with Gasteiger partial charge in [-0.1, -0.05) is 0 Å². The lowest BCUT2D eigenvalue weighted by molar-refractivity contribution is 0.0223. The van der Waals surface area contributed by atoms with Crippen molar-refractivity contribution >= 4 is 50.9 Å². The van der Waals surface area contributed by atoms with Crippen LogP contribution in [0.15, 0.2) is 0 Å². The number of hydrogen-bond acceptors (Lipinski definition) is 7. The van der Waals surface area contributed by atoms with E-state index in [9.17, 15) is 0 Å².